The van der Waals surface area contributed by atoms with Crippen LogP contribution in [0.3, 0.4) is 0 Å². The van der Waals surface area contributed by atoms with Crippen molar-refractivity contribution in [3.05, 3.63) is 53.9 Å². The molecule has 2 rings (SSSR count). The van der Waals surface area contributed by atoms with Crippen LogP contribution in [-0.4, -0.2) is 40.6 Å². The molecule has 5 heteroatoms. The molecule has 0 saturated carbocycles. The highest BCUT2D eigenvalue weighted by Crippen LogP contribution is 2.26. The first-order valence-electron chi connectivity index (χ1n) is 7.59. The SMILES string of the molecule is Cc1ccc(C(=O)N(C)CCC(C)O)cc1Oc1ccncc1. The van der Waals surface area contributed by atoms with E-state index in [2.05, 4.69) is 4.98 Å². The molecule has 1 atom stereocenters. The number of hydrogen-bond donors (Lipinski definition) is 1. The molecule has 0 spiro atoms. The number of pyridine rings is 1. The van der Waals surface area contributed by atoms with Gasteiger partial charge in [-0.1, -0.05) is 6.07 Å². The van der Waals surface area contributed by atoms with Crippen LogP contribution in [0, 0.1) is 6.92 Å². The normalized spacial score (nSPS) is 11.8. The van der Waals surface area contributed by atoms with Gasteiger partial charge in [0.05, 0.1) is 6.10 Å². The van der Waals surface area contributed by atoms with Crippen LogP contribution in [0.25, 0.3) is 0 Å². The zero-order valence-corrected chi connectivity index (χ0v) is 13.7. The lowest BCUT2D eigenvalue weighted by molar-refractivity contribution is 0.0768. The molecule has 5 nitrogen and oxygen atoms in total. The Hall–Kier alpha value is -2.40. The molecule has 0 fully saturated rings. The van der Waals surface area contributed by atoms with E-state index in [0.717, 1.165) is 5.56 Å². The summed E-state index contributed by atoms with van der Waals surface area (Å²) in [5.74, 6) is 1.23. The molecule has 1 unspecified atom stereocenters. The summed E-state index contributed by atoms with van der Waals surface area (Å²) < 4.78 is 5.83. The van der Waals surface area contributed by atoms with Gasteiger partial charge in [0, 0.05) is 31.5 Å². The summed E-state index contributed by atoms with van der Waals surface area (Å²) in [5, 5.41) is 9.34. The van der Waals surface area contributed by atoms with Crippen molar-refractivity contribution in [2.75, 3.05) is 13.6 Å². The lowest BCUT2D eigenvalue weighted by Gasteiger charge is -2.19. The Morgan fingerprint density at radius 2 is 2.00 bits per heavy atom. The van der Waals surface area contributed by atoms with Gasteiger partial charge in [-0.3, -0.25) is 9.78 Å². The number of carbonyl (C=O) groups is 1. The zero-order valence-electron chi connectivity index (χ0n) is 13.7. The Balaban J connectivity index is 2.14. The van der Waals surface area contributed by atoms with E-state index in [9.17, 15) is 9.90 Å². The summed E-state index contributed by atoms with van der Waals surface area (Å²) in [5.41, 5.74) is 1.51. The second-order valence-electron chi connectivity index (χ2n) is 5.63. The molecule has 23 heavy (non-hydrogen) atoms. The van der Waals surface area contributed by atoms with Gasteiger partial charge in [-0.2, -0.15) is 0 Å². The third kappa shape index (κ3) is 4.79. The third-order valence-corrected chi connectivity index (χ3v) is 3.54. The molecule has 1 heterocycles. The van der Waals surface area contributed by atoms with Crippen molar-refractivity contribution in [1.82, 2.24) is 9.88 Å². The van der Waals surface area contributed by atoms with E-state index in [4.69, 9.17) is 4.74 Å². The van der Waals surface area contributed by atoms with Crippen LogP contribution < -0.4 is 4.74 Å². The van der Waals surface area contributed by atoms with Crippen molar-refractivity contribution in [3.63, 3.8) is 0 Å². The van der Waals surface area contributed by atoms with Crippen LogP contribution in [0.1, 0.15) is 29.3 Å². The van der Waals surface area contributed by atoms with E-state index in [1.54, 1.807) is 55.5 Å². The molecule has 1 amide bonds. The molecule has 1 aromatic carbocycles. The van der Waals surface area contributed by atoms with Crippen molar-refractivity contribution in [2.24, 2.45) is 0 Å². The van der Waals surface area contributed by atoms with Crippen LogP contribution in [0.5, 0.6) is 11.5 Å². The fraction of sp³-hybridized carbons (Fsp3) is 0.333. The second-order valence-corrected chi connectivity index (χ2v) is 5.63. The molecule has 0 aliphatic rings. The molecule has 2 aromatic rings. The number of carbonyl (C=O) groups excluding carboxylic acids is 1. The number of ether oxygens (including phenoxy) is 1. The highest BCUT2D eigenvalue weighted by atomic mass is 16.5. The standard InChI is InChI=1S/C18H22N2O3/c1-13-4-5-15(18(22)20(3)11-8-14(2)21)12-17(13)23-16-6-9-19-10-7-16/h4-7,9-10,12,14,21H,8,11H2,1-3H3. The molecule has 1 N–H and O–H groups in total. The number of hydrogen-bond acceptors (Lipinski definition) is 4. The van der Waals surface area contributed by atoms with Gasteiger partial charge in [0.25, 0.3) is 5.91 Å². The molecule has 0 saturated heterocycles. The number of benzene rings is 1. The Labute approximate surface area is 136 Å². The van der Waals surface area contributed by atoms with Crippen molar-refractivity contribution in [1.29, 1.82) is 0 Å². The smallest absolute Gasteiger partial charge is 0.253 e. The lowest BCUT2D eigenvalue weighted by atomic mass is 10.1. The first-order chi connectivity index (χ1) is 11.0. The monoisotopic (exact) mass is 314 g/mol. The average Bonchev–Trinajstić information content (AvgIpc) is 2.55. The number of aliphatic hydroxyl groups is 1. The predicted octanol–water partition coefficient (Wildman–Crippen LogP) is 3.03. The molecular formula is C18H22N2O3. The number of aryl methyl sites for hydroxylation is 1. The van der Waals surface area contributed by atoms with Gasteiger partial charge < -0.3 is 14.7 Å². The number of nitrogens with zero attached hydrogens (tertiary/aromatic N) is 2. The first kappa shape index (κ1) is 17.0. The van der Waals surface area contributed by atoms with Crippen molar-refractivity contribution < 1.29 is 14.6 Å². The van der Waals surface area contributed by atoms with E-state index in [1.807, 2.05) is 13.0 Å². The van der Waals surface area contributed by atoms with Gasteiger partial charge in [-0.25, -0.2) is 0 Å². The largest absolute Gasteiger partial charge is 0.457 e. The maximum atomic E-state index is 12.5. The number of amides is 1. The minimum absolute atomic E-state index is 0.0924. The first-order valence-corrected chi connectivity index (χ1v) is 7.59. The third-order valence-electron chi connectivity index (χ3n) is 3.54. The summed E-state index contributed by atoms with van der Waals surface area (Å²) in [4.78, 5) is 18.0. The van der Waals surface area contributed by atoms with E-state index >= 15 is 0 Å². The number of rotatable bonds is 6. The minimum atomic E-state index is -0.422. The van der Waals surface area contributed by atoms with Crippen LogP contribution in [0.2, 0.25) is 0 Å². The van der Waals surface area contributed by atoms with Crippen LogP contribution in [0.15, 0.2) is 42.7 Å². The molecule has 0 aliphatic carbocycles. The van der Waals surface area contributed by atoms with Gasteiger partial charge in [0.2, 0.25) is 0 Å². The van der Waals surface area contributed by atoms with E-state index < -0.39 is 6.10 Å². The Kier molecular flexibility index (Phi) is 5.71. The molecule has 0 bridgehead atoms. The van der Waals surface area contributed by atoms with Gasteiger partial charge in [0.15, 0.2) is 0 Å². The lowest BCUT2D eigenvalue weighted by Crippen LogP contribution is -2.29. The quantitative estimate of drug-likeness (QED) is 0.890. The zero-order chi connectivity index (χ0) is 16.8. The fourth-order valence-electron chi connectivity index (χ4n) is 2.08. The summed E-state index contributed by atoms with van der Waals surface area (Å²) in [7, 11) is 1.73. The number of aliphatic hydroxyl groups excluding tert-OH is 1. The summed E-state index contributed by atoms with van der Waals surface area (Å²) >= 11 is 0. The van der Waals surface area contributed by atoms with Gasteiger partial charge >= 0.3 is 0 Å². The molecular weight excluding hydrogens is 292 g/mol. The summed E-state index contributed by atoms with van der Waals surface area (Å²) in [6, 6.07) is 8.94. The fourth-order valence-corrected chi connectivity index (χ4v) is 2.08. The maximum absolute atomic E-state index is 12.5. The molecule has 0 radical (unpaired) electrons. The predicted molar refractivity (Wildman–Crippen MR) is 88.7 cm³/mol. The van der Waals surface area contributed by atoms with Gasteiger partial charge in [-0.15, -0.1) is 0 Å². The van der Waals surface area contributed by atoms with Crippen molar-refractivity contribution in [3.8, 4) is 11.5 Å². The summed E-state index contributed by atoms with van der Waals surface area (Å²) in [6.07, 6.45) is 3.44. The van der Waals surface area contributed by atoms with Gasteiger partial charge in [0.1, 0.15) is 11.5 Å². The van der Waals surface area contributed by atoms with E-state index in [-0.39, 0.29) is 5.91 Å². The Morgan fingerprint density at radius 3 is 2.65 bits per heavy atom. The van der Waals surface area contributed by atoms with Crippen molar-refractivity contribution in [2.45, 2.75) is 26.4 Å². The minimum Gasteiger partial charge on any atom is -0.457 e. The highest BCUT2D eigenvalue weighted by Gasteiger charge is 2.14. The van der Waals surface area contributed by atoms with Crippen LogP contribution in [0.4, 0.5) is 0 Å². The molecule has 0 aliphatic heterocycles. The van der Waals surface area contributed by atoms with E-state index in [1.165, 1.54) is 0 Å². The molecule has 1 aromatic heterocycles. The van der Waals surface area contributed by atoms with Crippen molar-refractivity contribution >= 4 is 5.91 Å². The second kappa shape index (κ2) is 7.74. The molecule has 122 valence electrons. The summed E-state index contributed by atoms with van der Waals surface area (Å²) in [6.45, 7) is 4.15. The Morgan fingerprint density at radius 1 is 1.30 bits per heavy atom. The topological polar surface area (TPSA) is 62.7 Å². The van der Waals surface area contributed by atoms with Crippen LogP contribution >= 0.6 is 0 Å². The highest BCUT2D eigenvalue weighted by molar-refractivity contribution is 5.94. The Bertz CT molecular complexity index is 657. The maximum Gasteiger partial charge on any atom is 0.253 e. The van der Waals surface area contributed by atoms with Crippen LogP contribution in [-0.2, 0) is 0 Å². The van der Waals surface area contributed by atoms with Gasteiger partial charge in [-0.05, 0) is 50.1 Å². The number of aromatic nitrogens is 1. The van der Waals surface area contributed by atoms with E-state index in [0.29, 0.717) is 30.0 Å². The average molecular weight is 314 g/mol.